The van der Waals surface area contributed by atoms with Gasteiger partial charge < -0.3 is 10.6 Å². The summed E-state index contributed by atoms with van der Waals surface area (Å²) >= 11 is 0. The van der Waals surface area contributed by atoms with Crippen LogP contribution in [0.3, 0.4) is 0 Å². The minimum Gasteiger partial charge on any atom is -0.342 e. The number of anilines is 1. The molecule has 6 nitrogen and oxygen atoms in total. The first-order valence-corrected chi connectivity index (χ1v) is 8.40. The molecule has 0 bridgehead atoms. The molecule has 2 N–H and O–H groups in total. The number of carbonyl (C=O) groups excluding carboxylic acids is 2. The highest BCUT2D eigenvalue weighted by atomic mass is 16.2. The molecular weight excluding hydrogens is 316 g/mol. The van der Waals surface area contributed by atoms with E-state index in [-0.39, 0.29) is 11.8 Å². The Kier molecular flexibility index (Phi) is 5.09. The molecule has 1 aromatic heterocycles. The minimum absolute atomic E-state index is 0.178. The Balaban J connectivity index is 1.79. The van der Waals surface area contributed by atoms with Gasteiger partial charge in [-0.05, 0) is 30.8 Å². The monoisotopic (exact) mass is 338 g/mol. The summed E-state index contributed by atoms with van der Waals surface area (Å²) < 4.78 is 0. The average Bonchev–Trinajstić information content (AvgIpc) is 2.63. The molecule has 3 rings (SSSR count). The zero-order valence-corrected chi connectivity index (χ0v) is 14.4. The topological polar surface area (TPSA) is 74.3 Å². The van der Waals surface area contributed by atoms with Crippen LogP contribution in [0, 0.1) is 0 Å². The van der Waals surface area contributed by atoms with E-state index in [4.69, 9.17) is 0 Å². The van der Waals surface area contributed by atoms with Gasteiger partial charge >= 0.3 is 0 Å². The molecule has 1 aliphatic heterocycles. The molecule has 0 radical (unpaired) electrons. The van der Waals surface area contributed by atoms with Crippen LogP contribution >= 0.6 is 0 Å². The van der Waals surface area contributed by atoms with Crippen LogP contribution in [0.25, 0.3) is 0 Å². The summed E-state index contributed by atoms with van der Waals surface area (Å²) in [5.41, 5.74) is 1.83. The van der Waals surface area contributed by atoms with Crippen molar-refractivity contribution in [1.82, 2.24) is 15.2 Å². The van der Waals surface area contributed by atoms with Gasteiger partial charge in [0.05, 0.1) is 0 Å². The van der Waals surface area contributed by atoms with E-state index in [0.717, 1.165) is 17.7 Å². The van der Waals surface area contributed by atoms with Crippen LogP contribution in [0.15, 0.2) is 48.7 Å². The molecule has 2 unspecified atom stereocenters. The van der Waals surface area contributed by atoms with E-state index in [1.54, 1.807) is 6.20 Å². The molecule has 0 aliphatic carbocycles. The molecule has 6 heteroatoms. The van der Waals surface area contributed by atoms with Crippen LogP contribution in [0.1, 0.15) is 24.1 Å². The van der Waals surface area contributed by atoms with E-state index in [2.05, 4.69) is 15.6 Å². The van der Waals surface area contributed by atoms with Crippen LogP contribution in [-0.4, -0.2) is 41.3 Å². The molecule has 0 fully saturated rings. The van der Waals surface area contributed by atoms with Crippen LogP contribution in [0.2, 0.25) is 0 Å². The van der Waals surface area contributed by atoms with Crippen molar-refractivity contribution in [2.24, 2.45) is 0 Å². The number of carbonyl (C=O) groups is 2. The van der Waals surface area contributed by atoms with E-state index in [1.165, 1.54) is 0 Å². The summed E-state index contributed by atoms with van der Waals surface area (Å²) in [6.45, 7) is 2.72. The molecule has 1 aromatic carbocycles. The maximum Gasteiger partial charge on any atom is 0.248 e. The summed E-state index contributed by atoms with van der Waals surface area (Å²) in [7, 11) is 1.90. The number of aromatic nitrogens is 1. The van der Waals surface area contributed by atoms with Crippen molar-refractivity contribution in [3.8, 4) is 0 Å². The molecule has 2 heterocycles. The summed E-state index contributed by atoms with van der Waals surface area (Å²) in [5, 5.41) is 5.66. The number of hydrogen-bond acceptors (Lipinski definition) is 4. The zero-order valence-electron chi connectivity index (χ0n) is 14.4. The highest BCUT2D eigenvalue weighted by Gasteiger charge is 2.32. The van der Waals surface area contributed by atoms with Crippen LogP contribution in [0.5, 0.6) is 0 Å². The van der Waals surface area contributed by atoms with Crippen molar-refractivity contribution >= 4 is 17.6 Å². The highest BCUT2D eigenvalue weighted by molar-refractivity contribution is 5.99. The standard InChI is InChI=1S/C19H22N4O2/c1-3-23(2)16(13-8-5-4-6-9-13)19(25)21-15-12-14-10-7-11-20-17(14)22-18(15)24/h4-11,15-16H,3,12H2,1-2H3,(H,21,25)(H,20,22,24). The summed E-state index contributed by atoms with van der Waals surface area (Å²) in [6, 6.07) is 12.3. The fourth-order valence-corrected chi connectivity index (χ4v) is 3.02. The Morgan fingerprint density at radius 2 is 2.08 bits per heavy atom. The fourth-order valence-electron chi connectivity index (χ4n) is 3.02. The normalized spacial score (nSPS) is 17.6. The molecule has 2 amide bonds. The van der Waals surface area contributed by atoms with Gasteiger partial charge in [0.15, 0.2) is 0 Å². The smallest absolute Gasteiger partial charge is 0.248 e. The Labute approximate surface area is 147 Å². The maximum absolute atomic E-state index is 12.9. The molecule has 130 valence electrons. The van der Waals surface area contributed by atoms with Gasteiger partial charge in [0.1, 0.15) is 17.9 Å². The summed E-state index contributed by atoms with van der Waals surface area (Å²) in [5.74, 6) is 0.164. The van der Waals surface area contributed by atoms with Crippen molar-refractivity contribution in [2.75, 3.05) is 18.9 Å². The zero-order chi connectivity index (χ0) is 17.8. The van der Waals surface area contributed by atoms with E-state index in [9.17, 15) is 9.59 Å². The van der Waals surface area contributed by atoms with Crippen molar-refractivity contribution in [2.45, 2.75) is 25.4 Å². The summed E-state index contributed by atoms with van der Waals surface area (Å²) in [4.78, 5) is 31.3. The van der Waals surface area contributed by atoms with Crippen LogP contribution in [0.4, 0.5) is 5.82 Å². The quantitative estimate of drug-likeness (QED) is 0.871. The Hall–Kier alpha value is -2.73. The average molecular weight is 338 g/mol. The number of fused-ring (bicyclic) bond motifs is 1. The number of hydrogen-bond donors (Lipinski definition) is 2. The van der Waals surface area contributed by atoms with Gasteiger partial charge in [-0.1, -0.05) is 43.3 Å². The lowest BCUT2D eigenvalue weighted by Gasteiger charge is -2.30. The lowest BCUT2D eigenvalue weighted by atomic mass is 10.00. The number of amides is 2. The maximum atomic E-state index is 12.9. The lowest BCUT2D eigenvalue weighted by molar-refractivity contribution is -0.130. The fraction of sp³-hybridized carbons (Fsp3) is 0.316. The second kappa shape index (κ2) is 7.44. The second-order valence-corrected chi connectivity index (χ2v) is 6.15. The second-order valence-electron chi connectivity index (χ2n) is 6.15. The molecule has 25 heavy (non-hydrogen) atoms. The van der Waals surface area contributed by atoms with E-state index in [1.807, 2.05) is 61.3 Å². The molecule has 0 saturated heterocycles. The van der Waals surface area contributed by atoms with Gasteiger partial charge in [0.2, 0.25) is 11.8 Å². The van der Waals surface area contributed by atoms with Crippen LogP contribution in [-0.2, 0) is 16.0 Å². The Morgan fingerprint density at radius 3 is 2.80 bits per heavy atom. The van der Waals surface area contributed by atoms with E-state index in [0.29, 0.717) is 12.2 Å². The number of benzene rings is 1. The third kappa shape index (κ3) is 3.69. The SMILES string of the molecule is CCN(C)C(C(=O)NC1Cc2cccnc2NC1=O)c1ccccc1. The molecule has 2 atom stereocenters. The number of nitrogens with one attached hydrogen (secondary N) is 2. The molecule has 1 aliphatic rings. The minimum atomic E-state index is -0.597. The van der Waals surface area contributed by atoms with Gasteiger partial charge in [0, 0.05) is 12.6 Å². The van der Waals surface area contributed by atoms with Gasteiger partial charge in [-0.2, -0.15) is 0 Å². The van der Waals surface area contributed by atoms with E-state index < -0.39 is 12.1 Å². The molecule has 0 spiro atoms. The van der Waals surface area contributed by atoms with Crippen molar-refractivity contribution in [1.29, 1.82) is 0 Å². The van der Waals surface area contributed by atoms with Crippen LogP contribution < -0.4 is 10.6 Å². The predicted octanol–water partition coefficient (Wildman–Crippen LogP) is 1.75. The van der Waals surface area contributed by atoms with Gasteiger partial charge in [-0.3, -0.25) is 14.5 Å². The lowest BCUT2D eigenvalue weighted by Crippen LogP contribution is -2.51. The van der Waals surface area contributed by atoms with Crippen molar-refractivity contribution in [3.63, 3.8) is 0 Å². The van der Waals surface area contributed by atoms with E-state index >= 15 is 0 Å². The highest BCUT2D eigenvalue weighted by Crippen LogP contribution is 2.22. The third-order valence-electron chi connectivity index (χ3n) is 4.49. The number of pyridine rings is 1. The third-order valence-corrected chi connectivity index (χ3v) is 4.49. The Bertz CT molecular complexity index is 763. The first-order chi connectivity index (χ1) is 12.1. The van der Waals surface area contributed by atoms with Gasteiger partial charge in [-0.25, -0.2) is 4.98 Å². The molecule has 2 aromatic rings. The predicted molar refractivity (Wildman–Crippen MR) is 96.0 cm³/mol. The Morgan fingerprint density at radius 1 is 1.32 bits per heavy atom. The van der Waals surface area contributed by atoms with Crippen molar-refractivity contribution < 1.29 is 9.59 Å². The first kappa shape index (κ1) is 17.1. The summed E-state index contributed by atoms with van der Waals surface area (Å²) in [6.07, 6.45) is 2.08. The molecular formula is C19H22N4O2. The number of rotatable bonds is 5. The van der Waals surface area contributed by atoms with Gasteiger partial charge in [0.25, 0.3) is 0 Å². The number of nitrogens with zero attached hydrogens (tertiary/aromatic N) is 2. The van der Waals surface area contributed by atoms with Crippen molar-refractivity contribution in [3.05, 3.63) is 59.8 Å². The largest absolute Gasteiger partial charge is 0.342 e. The molecule has 0 saturated carbocycles. The first-order valence-electron chi connectivity index (χ1n) is 8.40. The number of likely N-dealkylation sites (N-methyl/N-ethyl adjacent to an activating group) is 1. The van der Waals surface area contributed by atoms with Gasteiger partial charge in [-0.15, -0.1) is 0 Å².